The highest BCUT2D eigenvalue weighted by molar-refractivity contribution is 4.78. The van der Waals surface area contributed by atoms with E-state index in [0.717, 1.165) is 45.3 Å². The first-order valence-corrected chi connectivity index (χ1v) is 8.61. The second kappa shape index (κ2) is 10.6. The Morgan fingerprint density at radius 2 is 1.60 bits per heavy atom. The lowest BCUT2D eigenvalue weighted by Crippen LogP contribution is -2.46. The maximum Gasteiger partial charge on any atom is 0.0113 e. The van der Waals surface area contributed by atoms with Crippen LogP contribution in [-0.4, -0.2) is 61.2 Å². The van der Waals surface area contributed by atoms with Gasteiger partial charge in [-0.1, -0.05) is 26.2 Å². The summed E-state index contributed by atoms with van der Waals surface area (Å²) in [6.45, 7) is 10.4. The van der Waals surface area contributed by atoms with Crippen LogP contribution in [-0.2, 0) is 0 Å². The number of nitrogens with zero attached hydrogens (tertiary/aromatic N) is 2. The van der Waals surface area contributed by atoms with E-state index in [4.69, 9.17) is 11.5 Å². The van der Waals surface area contributed by atoms with E-state index in [2.05, 4.69) is 23.6 Å². The summed E-state index contributed by atoms with van der Waals surface area (Å²) in [5, 5.41) is 0. The van der Waals surface area contributed by atoms with Gasteiger partial charge in [0.1, 0.15) is 0 Å². The molecule has 20 heavy (non-hydrogen) atoms. The Balaban J connectivity index is 2.46. The third kappa shape index (κ3) is 6.08. The molecule has 0 amide bonds. The average Bonchev–Trinajstić information content (AvgIpc) is 2.50. The molecule has 4 N–H and O–H groups in total. The van der Waals surface area contributed by atoms with Crippen molar-refractivity contribution in [2.75, 3.05) is 39.3 Å². The Morgan fingerprint density at radius 1 is 0.950 bits per heavy atom. The molecular formula is C16H36N4. The van der Waals surface area contributed by atoms with Crippen LogP contribution in [0.15, 0.2) is 0 Å². The van der Waals surface area contributed by atoms with E-state index in [0.29, 0.717) is 6.04 Å². The van der Waals surface area contributed by atoms with Crippen LogP contribution in [0, 0.1) is 0 Å². The Hall–Kier alpha value is -0.160. The Kier molecular flexibility index (Phi) is 9.44. The van der Waals surface area contributed by atoms with Gasteiger partial charge in [-0.25, -0.2) is 0 Å². The van der Waals surface area contributed by atoms with E-state index in [1.54, 1.807) is 0 Å². The zero-order chi connectivity index (χ0) is 14.8. The van der Waals surface area contributed by atoms with Gasteiger partial charge >= 0.3 is 0 Å². The molecule has 4 heteroatoms. The smallest absolute Gasteiger partial charge is 0.0113 e. The van der Waals surface area contributed by atoms with E-state index >= 15 is 0 Å². The normalized spacial score (nSPS) is 18.9. The largest absolute Gasteiger partial charge is 0.329 e. The van der Waals surface area contributed by atoms with Crippen molar-refractivity contribution < 1.29 is 0 Å². The van der Waals surface area contributed by atoms with Crippen LogP contribution < -0.4 is 11.5 Å². The van der Waals surface area contributed by atoms with Crippen molar-refractivity contribution in [3.8, 4) is 0 Å². The van der Waals surface area contributed by atoms with Gasteiger partial charge in [0.05, 0.1) is 0 Å². The predicted octanol–water partition coefficient (Wildman–Crippen LogP) is 1.64. The zero-order valence-corrected chi connectivity index (χ0v) is 13.7. The summed E-state index contributed by atoms with van der Waals surface area (Å²) in [5.74, 6) is 0. The average molecular weight is 284 g/mol. The fourth-order valence-corrected chi connectivity index (χ4v) is 3.32. The molecule has 0 heterocycles. The van der Waals surface area contributed by atoms with Crippen LogP contribution in [0.25, 0.3) is 0 Å². The standard InChI is InChI=1S/C16H36N4/c1-3-15(2)19(11-9-17)13-14-20(12-10-18)16-7-5-4-6-8-16/h15-16H,3-14,17-18H2,1-2H3. The maximum atomic E-state index is 5.81. The molecule has 0 aliphatic heterocycles. The molecule has 1 fully saturated rings. The van der Waals surface area contributed by atoms with Gasteiger partial charge in [0.25, 0.3) is 0 Å². The molecule has 0 saturated heterocycles. The summed E-state index contributed by atoms with van der Waals surface area (Å²) in [6.07, 6.45) is 8.12. The van der Waals surface area contributed by atoms with E-state index in [9.17, 15) is 0 Å². The van der Waals surface area contributed by atoms with Gasteiger partial charge in [-0.3, -0.25) is 9.80 Å². The van der Waals surface area contributed by atoms with Gasteiger partial charge in [0.15, 0.2) is 0 Å². The van der Waals surface area contributed by atoms with Crippen LogP contribution in [0.3, 0.4) is 0 Å². The minimum absolute atomic E-state index is 0.629. The summed E-state index contributed by atoms with van der Waals surface area (Å²) in [4.78, 5) is 5.16. The lowest BCUT2D eigenvalue weighted by Gasteiger charge is -2.37. The van der Waals surface area contributed by atoms with Gasteiger partial charge in [-0.2, -0.15) is 0 Å². The molecule has 1 rings (SSSR count). The van der Waals surface area contributed by atoms with Crippen LogP contribution in [0.5, 0.6) is 0 Å². The first kappa shape index (κ1) is 17.9. The summed E-state index contributed by atoms with van der Waals surface area (Å²) >= 11 is 0. The SMILES string of the molecule is CCC(C)N(CCN)CCN(CCN)C1CCCCC1. The molecule has 0 aromatic rings. The second-order valence-electron chi connectivity index (χ2n) is 6.20. The Bertz CT molecular complexity index is 229. The summed E-state index contributed by atoms with van der Waals surface area (Å²) in [6, 6.07) is 1.40. The summed E-state index contributed by atoms with van der Waals surface area (Å²) < 4.78 is 0. The molecule has 4 nitrogen and oxygen atoms in total. The Labute approximate surface area is 125 Å². The first-order chi connectivity index (χ1) is 9.72. The number of hydrogen-bond acceptors (Lipinski definition) is 4. The molecule has 1 saturated carbocycles. The zero-order valence-electron chi connectivity index (χ0n) is 13.7. The van der Waals surface area contributed by atoms with Crippen molar-refractivity contribution in [1.29, 1.82) is 0 Å². The van der Waals surface area contributed by atoms with Crippen molar-refractivity contribution in [1.82, 2.24) is 9.80 Å². The van der Waals surface area contributed by atoms with Gasteiger partial charge < -0.3 is 11.5 Å². The van der Waals surface area contributed by atoms with Crippen molar-refractivity contribution >= 4 is 0 Å². The quantitative estimate of drug-likeness (QED) is 0.640. The lowest BCUT2D eigenvalue weighted by atomic mass is 9.94. The molecule has 0 aromatic carbocycles. The fraction of sp³-hybridized carbons (Fsp3) is 1.00. The van der Waals surface area contributed by atoms with E-state index in [1.165, 1.54) is 38.5 Å². The van der Waals surface area contributed by atoms with Gasteiger partial charge in [-0.15, -0.1) is 0 Å². The summed E-state index contributed by atoms with van der Waals surface area (Å²) in [7, 11) is 0. The third-order valence-electron chi connectivity index (χ3n) is 4.81. The minimum Gasteiger partial charge on any atom is -0.329 e. The van der Waals surface area contributed by atoms with E-state index in [-0.39, 0.29) is 0 Å². The van der Waals surface area contributed by atoms with E-state index in [1.807, 2.05) is 0 Å². The molecule has 0 aromatic heterocycles. The lowest BCUT2D eigenvalue weighted by molar-refractivity contribution is 0.121. The van der Waals surface area contributed by atoms with Crippen molar-refractivity contribution in [3.05, 3.63) is 0 Å². The third-order valence-corrected chi connectivity index (χ3v) is 4.81. The maximum absolute atomic E-state index is 5.81. The van der Waals surface area contributed by atoms with Gasteiger partial charge in [0.2, 0.25) is 0 Å². The summed E-state index contributed by atoms with van der Waals surface area (Å²) in [5.41, 5.74) is 11.6. The topological polar surface area (TPSA) is 58.5 Å². The minimum atomic E-state index is 0.629. The highest BCUT2D eigenvalue weighted by Crippen LogP contribution is 2.22. The number of nitrogens with two attached hydrogens (primary N) is 2. The fourth-order valence-electron chi connectivity index (χ4n) is 3.32. The number of hydrogen-bond donors (Lipinski definition) is 2. The van der Waals surface area contributed by atoms with Gasteiger partial charge in [-0.05, 0) is 26.2 Å². The molecule has 1 aliphatic rings. The molecule has 120 valence electrons. The molecular weight excluding hydrogens is 248 g/mol. The molecule has 0 bridgehead atoms. The molecule has 0 spiro atoms. The van der Waals surface area contributed by atoms with Gasteiger partial charge in [0, 0.05) is 51.4 Å². The first-order valence-electron chi connectivity index (χ1n) is 8.61. The monoisotopic (exact) mass is 284 g/mol. The van der Waals surface area contributed by atoms with E-state index < -0.39 is 0 Å². The van der Waals surface area contributed by atoms with Crippen LogP contribution >= 0.6 is 0 Å². The van der Waals surface area contributed by atoms with Crippen LogP contribution in [0.1, 0.15) is 52.4 Å². The second-order valence-corrected chi connectivity index (χ2v) is 6.20. The van der Waals surface area contributed by atoms with Crippen molar-refractivity contribution in [3.63, 3.8) is 0 Å². The van der Waals surface area contributed by atoms with Crippen LogP contribution in [0.2, 0.25) is 0 Å². The van der Waals surface area contributed by atoms with Crippen molar-refractivity contribution in [2.45, 2.75) is 64.5 Å². The molecule has 1 atom stereocenters. The predicted molar refractivity (Wildman–Crippen MR) is 87.9 cm³/mol. The molecule has 1 aliphatic carbocycles. The highest BCUT2D eigenvalue weighted by Gasteiger charge is 2.21. The molecule has 1 unspecified atom stereocenters. The molecule has 0 radical (unpaired) electrons. The Morgan fingerprint density at radius 3 is 2.15 bits per heavy atom. The highest BCUT2D eigenvalue weighted by atomic mass is 15.2. The van der Waals surface area contributed by atoms with Crippen molar-refractivity contribution in [2.24, 2.45) is 11.5 Å². The number of rotatable bonds is 10. The van der Waals surface area contributed by atoms with Crippen LogP contribution in [0.4, 0.5) is 0 Å².